The number of hydrogen-bond acceptors (Lipinski definition) is 0. The van der Waals surface area contributed by atoms with Crippen LogP contribution in [0.3, 0.4) is 0 Å². The Balaban J connectivity index is 4.17. The van der Waals surface area contributed by atoms with Gasteiger partial charge in [-0.15, -0.1) is 0 Å². The van der Waals surface area contributed by atoms with Gasteiger partial charge in [0.1, 0.15) is 0 Å². The molecule has 0 radical (unpaired) electrons. The zero-order chi connectivity index (χ0) is 14.1. The Labute approximate surface area is 117 Å². The van der Waals surface area contributed by atoms with E-state index in [0.717, 1.165) is 29.6 Å². The third-order valence-corrected chi connectivity index (χ3v) is 4.68. The normalized spacial score (nSPS) is 15.7. The van der Waals surface area contributed by atoms with Gasteiger partial charge in [-0.1, -0.05) is 74.1 Å². The van der Waals surface area contributed by atoms with Crippen molar-refractivity contribution < 1.29 is 0 Å². The summed E-state index contributed by atoms with van der Waals surface area (Å²) < 4.78 is 0. The maximum Gasteiger partial charge on any atom is -0.0386 e. The van der Waals surface area contributed by atoms with Crippen LogP contribution >= 0.6 is 0 Å². The van der Waals surface area contributed by atoms with E-state index in [9.17, 15) is 0 Å². The smallest absolute Gasteiger partial charge is 0.0386 e. The monoisotopic (exact) mass is 254 g/mol. The van der Waals surface area contributed by atoms with Gasteiger partial charge in [-0.25, -0.2) is 0 Å². The predicted octanol–water partition coefficient (Wildman–Crippen LogP) is 6.55. The molecule has 0 aromatic heterocycles. The Morgan fingerprint density at radius 3 is 1.67 bits per heavy atom. The van der Waals surface area contributed by atoms with Crippen LogP contribution in [-0.2, 0) is 0 Å². The fraction of sp³-hybridized carbons (Fsp3) is 1.00. The van der Waals surface area contributed by atoms with E-state index in [2.05, 4.69) is 48.5 Å². The Kier molecular flexibility index (Phi) is 9.87. The van der Waals surface area contributed by atoms with Crippen molar-refractivity contribution in [3.8, 4) is 0 Å². The first-order chi connectivity index (χ1) is 8.40. The van der Waals surface area contributed by atoms with Crippen LogP contribution in [0.2, 0.25) is 0 Å². The van der Waals surface area contributed by atoms with Crippen molar-refractivity contribution in [3.63, 3.8) is 0 Å². The highest BCUT2D eigenvalue weighted by Gasteiger charge is 2.20. The summed E-state index contributed by atoms with van der Waals surface area (Å²) in [6.07, 6.45) is 8.44. The van der Waals surface area contributed by atoms with E-state index < -0.39 is 0 Å². The molecule has 0 saturated carbocycles. The highest BCUT2D eigenvalue weighted by Crippen LogP contribution is 2.31. The molecule has 0 heterocycles. The van der Waals surface area contributed by atoms with Crippen LogP contribution in [0.25, 0.3) is 0 Å². The molecule has 0 bridgehead atoms. The molecule has 0 amide bonds. The molecular formula is C18H38. The lowest BCUT2D eigenvalue weighted by Crippen LogP contribution is -2.17. The standard InChI is InChI=1S/C18H38/c1-8-17(9-2)13-18(15(5)6)12-16(7)11-10-14(3)4/h14-18H,8-13H2,1-7H3. The second-order valence-electron chi connectivity index (χ2n) is 7.23. The number of rotatable bonds is 10. The van der Waals surface area contributed by atoms with E-state index >= 15 is 0 Å². The van der Waals surface area contributed by atoms with E-state index in [1.807, 2.05) is 0 Å². The lowest BCUT2D eigenvalue weighted by molar-refractivity contribution is 0.232. The molecule has 110 valence electrons. The molecule has 18 heavy (non-hydrogen) atoms. The Morgan fingerprint density at radius 2 is 1.28 bits per heavy atom. The molecule has 0 aliphatic carbocycles. The van der Waals surface area contributed by atoms with Crippen LogP contribution in [0.5, 0.6) is 0 Å². The van der Waals surface area contributed by atoms with E-state index in [0.29, 0.717) is 0 Å². The fourth-order valence-corrected chi connectivity index (χ4v) is 2.94. The summed E-state index contributed by atoms with van der Waals surface area (Å²) in [7, 11) is 0. The van der Waals surface area contributed by atoms with Crippen LogP contribution in [0, 0.1) is 29.6 Å². The van der Waals surface area contributed by atoms with Crippen LogP contribution in [-0.4, -0.2) is 0 Å². The minimum absolute atomic E-state index is 0.854. The maximum atomic E-state index is 2.46. The van der Waals surface area contributed by atoms with Crippen molar-refractivity contribution in [2.24, 2.45) is 29.6 Å². The first-order valence-corrected chi connectivity index (χ1v) is 8.40. The zero-order valence-corrected chi connectivity index (χ0v) is 14.1. The predicted molar refractivity (Wildman–Crippen MR) is 84.9 cm³/mol. The van der Waals surface area contributed by atoms with Gasteiger partial charge in [0.25, 0.3) is 0 Å². The number of hydrogen-bond donors (Lipinski definition) is 0. The fourth-order valence-electron chi connectivity index (χ4n) is 2.94. The summed E-state index contributed by atoms with van der Waals surface area (Å²) in [5.41, 5.74) is 0. The van der Waals surface area contributed by atoms with Crippen LogP contribution in [0.4, 0.5) is 0 Å². The third kappa shape index (κ3) is 8.16. The summed E-state index contributed by atoms with van der Waals surface area (Å²) in [4.78, 5) is 0. The summed E-state index contributed by atoms with van der Waals surface area (Å²) in [5, 5.41) is 0. The van der Waals surface area contributed by atoms with Crippen LogP contribution < -0.4 is 0 Å². The lowest BCUT2D eigenvalue weighted by Gasteiger charge is -2.28. The SMILES string of the molecule is CCC(CC)CC(CC(C)CCC(C)C)C(C)C. The summed E-state index contributed by atoms with van der Waals surface area (Å²) in [6, 6.07) is 0. The van der Waals surface area contributed by atoms with E-state index in [-0.39, 0.29) is 0 Å². The first-order valence-electron chi connectivity index (χ1n) is 8.40. The van der Waals surface area contributed by atoms with Crippen molar-refractivity contribution in [3.05, 3.63) is 0 Å². The van der Waals surface area contributed by atoms with Crippen molar-refractivity contribution in [1.82, 2.24) is 0 Å². The van der Waals surface area contributed by atoms with Gasteiger partial charge in [-0.05, 0) is 42.4 Å². The summed E-state index contributed by atoms with van der Waals surface area (Å²) in [6.45, 7) is 16.7. The molecule has 0 spiro atoms. The molecule has 0 aromatic rings. The lowest BCUT2D eigenvalue weighted by atomic mass is 9.78. The van der Waals surface area contributed by atoms with E-state index in [4.69, 9.17) is 0 Å². The average Bonchev–Trinajstić information content (AvgIpc) is 2.31. The van der Waals surface area contributed by atoms with Crippen molar-refractivity contribution >= 4 is 0 Å². The van der Waals surface area contributed by atoms with Crippen molar-refractivity contribution in [1.29, 1.82) is 0 Å². The zero-order valence-electron chi connectivity index (χ0n) is 14.1. The Hall–Kier alpha value is 0. The van der Waals surface area contributed by atoms with Gasteiger partial charge in [0.15, 0.2) is 0 Å². The molecule has 0 aliphatic heterocycles. The van der Waals surface area contributed by atoms with Crippen molar-refractivity contribution in [2.45, 2.75) is 87.0 Å². The van der Waals surface area contributed by atoms with Crippen LogP contribution in [0.15, 0.2) is 0 Å². The highest BCUT2D eigenvalue weighted by molar-refractivity contribution is 4.71. The minimum Gasteiger partial charge on any atom is -0.0651 e. The van der Waals surface area contributed by atoms with E-state index in [1.165, 1.54) is 38.5 Å². The van der Waals surface area contributed by atoms with Gasteiger partial charge < -0.3 is 0 Å². The van der Waals surface area contributed by atoms with Gasteiger partial charge in [0, 0.05) is 0 Å². The average molecular weight is 255 g/mol. The highest BCUT2D eigenvalue weighted by atomic mass is 14.3. The third-order valence-electron chi connectivity index (χ3n) is 4.68. The second kappa shape index (κ2) is 9.87. The Bertz CT molecular complexity index is 176. The quantitative estimate of drug-likeness (QED) is 0.415. The molecule has 0 rings (SSSR count). The van der Waals surface area contributed by atoms with Crippen LogP contribution in [0.1, 0.15) is 87.0 Å². The molecule has 2 unspecified atom stereocenters. The minimum atomic E-state index is 0.854. The molecule has 0 aromatic carbocycles. The molecule has 0 saturated heterocycles. The molecule has 0 fully saturated rings. The van der Waals surface area contributed by atoms with Gasteiger partial charge in [-0.3, -0.25) is 0 Å². The summed E-state index contributed by atoms with van der Waals surface area (Å²) in [5.74, 6) is 4.53. The molecule has 2 atom stereocenters. The van der Waals surface area contributed by atoms with Gasteiger partial charge >= 0.3 is 0 Å². The molecule has 0 N–H and O–H groups in total. The molecule has 0 heteroatoms. The topological polar surface area (TPSA) is 0 Å². The van der Waals surface area contributed by atoms with Gasteiger partial charge in [0.05, 0.1) is 0 Å². The Morgan fingerprint density at radius 1 is 0.722 bits per heavy atom. The van der Waals surface area contributed by atoms with Gasteiger partial charge in [-0.2, -0.15) is 0 Å². The van der Waals surface area contributed by atoms with E-state index in [1.54, 1.807) is 0 Å². The summed E-state index contributed by atoms with van der Waals surface area (Å²) >= 11 is 0. The van der Waals surface area contributed by atoms with Gasteiger partial charge in [0.2, 0.25) is 0 Å². The largest absolute Gasteiger partial charge is 0.0651 e. The molecule has 0 aliphatic rings. The molecular weight excluding hydrogens is 216 g/mol. The first kappa shape index (κ1) is 18.0. The second-order valence-corrected chi connectivity index (χ2v) is 7.23. The maximum absolute atomic E-state index is 2.46. The molecule has 0 nitrogen and oxygen atoms in total. The van der Waals surface area contributed by atoms with Crippen molar-refractivity contribution in [2.75, 3.05) is 0 Å².